The van der Waals surface area contributed by atoms with E-state index < -0.39 is 0 Å². The molecular formula is C11H17N3O. The summed E-state index contributed by atoms with van der Waals surface area (Å²) in [6.07, 6.45) is 5.68. The molecule has 0 spiro atoms. The van der Waals surface area contributed by atoms with Crippen molar-refractivity contribution in [2.45, 2.75) is 32.7 Å². The van der Waals surface area contributed by atoms with E-state index in [2.05, 4.69) is 10.4 Å². The summed E-state index contributed by atoms with van der Waals surface area (Å²) in [5.41, 5.74) is 0.946. The smallest absolute Gasteiger partial charge is 0.241 e. The molecule has 1 aromatic heterocycles. The molecule has 1 amide bonds. The lowest BCUT2D eigenvalue weighted by atomic mass is 9.85. The Morgan fingerprint density at radius 2 is 2.47 bits per heavy atom. The maximum atomic E-state index is 11.5. The van der Waals surface area contributed by atoms with Crippen LogP contribution in [0.2, 0.25) is 0 Å². The number of carbonyl (C=O) groups is 1. The van der Waals surface area contributed by atoms with Gasteiger partial charge in [0, 0.05) is 12.7 Å². The van der Waals surface area contributed by atoms with E-state index in [1.165, 1.54) is 19.3 Å². The molecule has 1 aliphatic carbocycles. The van der Waals surface area contributed by atoms with Gasteiger partial charge in [0.1, 0.15) is 6.54 Å². The topological polar surface area (TPSA) is 46.9 Å². The highest BCUT2D eigenvalue weighted by molar-refractivity contribution is 5.75. The first kappa shape index (κ1) is 10.2. The lowest BCUT2D eigenvalue weighted by Crippen LogP contribution is -2.34. The molecule has 0 unspecified atom stereocenters. The number of nitrogens with one attached hydrogen (secondary N) is 1. The number of rotatable bonds is 4. The van der Waals surface area contributed by atoms with E-state index in [0.29, 0.717) is 12.5 Å². The number of hydrogen-bond acceptors (Lipinski definition) is 2. The SMILES string of the molecule is Cc1ccn(CC(=O)NCC2CCC2)n1. The van der Waals surface area contributed by atoms with Crippen molar-refractivity contribution < 1.29 is 4.79 Å². The van der Waals surface area contributed by atoms with Crippen molar-refractivity contribution in [2.24, 2.45) is 5.92 Å². The third-order valence-corrected chi connectivity index (χ3v) is 2.89. The van der Waals surface area contributed by atoms with E-state index >= 15 is 0 Å². The molecule has 0 aromatic carbocycles. The molecule has 1 N–H and O–H groups in total. The molecule has 1 heterocycles. The molecule has 2 rings (SSSR count). The highest BCUT2D eigenvalue weighted by atomic mass is 16.2. The Hall–Kier alpha value is -1.32. The van der Waals surface area contributed by atoms with Gasteiger partial charge in [0.25, 0.3) is 0 Å². The largest absolute Gasteiger partial charge is 0.354 e. The summed E-state index contributed by atoms with van der Waals surface area (Å²) in [6, 6.07) is 1.90. The van der Waals surface area contributed by atoms with Crippen molar-refractivity contribution in [3.8, 4) is 0 Å². The minimum atomic E-state index is 0.0602. The maximum Gasteiger partial charge on any atom is 0.241 e. The van der Waals surface area contributed by atoms with Gasteiger partial charge in [-0.1, -0.05) is 6.42 Å². The molecule has 1 aliphatic rings. The third kappa shape index (κ3) is 2.81. The van der Waals surface area contributed by atoms with Crippen molar-refractivity contribution in [1.29, 1.82) is 0 Å². The van der Waals surface area contributed by atoms with Crippen LogP contribution < -0.4 is 5.32 Å². The van der Waals surface area contributed by atoms with Crippen LogP contribution in [0.25, 0.3) is 0 Å². The average Bonchev–Trinajstić information content (AvgIpc) is 2.48. The van der Waals surface area contributed by atoms with Gasteiger partial charge >= 0.3 is 0 Å². The van der Waals surface area contributed by atoms with Gasteiger partial charge in [0.05, 0.1) is 5.69 Å². The molecule has 1 saturated carbocycles. The number of nitrogens with zero attached hydrogens (tertiary/aromatic N) is 2. The van der Waals surface area contributed by atoms with Crippen LogP contribution >= 0.6 is 0 Å². The Balaban J connectivity index is 1.71. The van der Waals surface area contributed by atoms with Crippen LogP contribution in [0, 0.1) is 12.8 Å². The van der Waals surface area contributed by atoms with Crippen LogP contribution in [0.3, 0.4) is 0 Å². The lowest BCUT2D eigenvalue weighted by molar-refractivity contribution is -0.122. The van der Waals surface area contributed by atoms with Gasteiger partial charge in [-0.05, 0) is 31.7 Å². The third-order valence-electron chi connectivity index (χ3n) is 2.89. The van der Waals surface area contributed by atoms with Crippen LogP contribution in [0.4, 0.5) is 0 Å². The second kappa shape index (κ2) is 4.47. The second-order valence-corrected chi connectivity index (χ2v) is 4.26. The molecule has 0 atom stereocenters. The van der Waals surface area contributed by atoms with E-state index in [1.807, 2.05) is 19.2 Å². The zero-order valence-corrected chi connectivity index (χ0v) is 9.07. The Labute approximate surface area is 89.7 Å². The Kier molecular flexibility index (Phi) is 3.04. The molecule has 0 saturated heterocycles. The normalized spacial score (nSPS) is 16.1. The first-order valence-electron chi connectivity index (χ1n) is 5.51. The molecule has 0 radical (unpaired) electrons. The summed E-state index contributed by atoms with van der Waals surface area (Å²) in [5, 5.41) is 7.11. The van der Waals surface area contributed by atoms with Gasteiger partial charge in [-0.15, -0.1) is 0 Å². The van der Waals surface area contributed by atoms with Crippen LogP contribution in [-0.4, -0.2) is 22.2 Å². The Morgan fingerprint density at radius 1 is 1.67 bits per heavy atom. The summed E-state index contributed by atoms with van der Waals surface area (Å²) in [4.78, 5) is 11.5. The van der Waals surface area contributed by atoms with Crippen molar-refractivity contribution in [3.63, 3.8) is 0 Å². The Bertz CT molecular complexity index is 341. The fraction of sp³-hybridized carbons (Fsp3) is 0.636. The van der Waals surface area contributed by atoms with Crippen LogP contribution in [0.1, 0.15) is 25.0 Å². The number of amides is 1. The van der Waals surface area contributed by atoms with E-state index in [1.54, 1.807) is 4.68 Å². The highest BCUT2D eigenvalue weighted by Gasteiger charge is 2.17. The predicted octanol–water partition coefficient (Wildman–Crippen LogP) is 1.11. The molecule has 0 bridgehead atoms. The zero-order valence-electron chi connectivity index (χ0n) is 9.07. The molecule has 82 valence electrons. The van der Waals surface area contributed by atoms with E-state index in [0.717, 1.165) is 12.2 Å². The number of carbonyl (C=O) groups excluding carboxylic acids is 1. The standard InChI is InChI=1S/C11H17N3O/c1-9-5-6-14(13-9)8-11(15)12-7-10-3-2-4-10/h5-6,10H,2-4,7-8H2,1H3,(H,12,15). The Morgan fingerprint density at radius 3 is 3.00 bits per heavy atom. The molecule has 0 aliphatic heterocycles. The van der Waals surface area contributed by atoms with Crippen molar-refractivity contribution in [1.82, 2.24) is 15.1 Å². The van der Waals surface area contributed by atoms with E-state index in [4.69, 9.17) is 0 Å². The molecule has 1 fully saturated rings. The number of hydrogen-bond donors (Lipinski definition) is 1. The van der Waals surface area contributed by atoms with Crippen LogP contribution in [0.5, 0.6) is 0 Å². The summed E-state index contributed by atoms with van der Waals surface area (Å²) in [6.45, 7) is 3.09. The fourth-order valence-electron chi connectivity index (χ4n) is 1.71. The second-order valence-electron chi connectivity index (χ2n) is 4.26. The minimum absolute atomic E-state index is 0.0602. The molecule has 15 heavy (non-hydrogen) atoms. The summed E-state index contributed by atoms with van der Waals surface area (Å²) < 4.78 is 1.67. The van der Waals surface area contributed by atoms with Gasteiger partial charge < -0.3 is 5.32 Å². The molecular weight excluding hydrogens is 190 g/mol. The van der Waals surface area contributed by atoms with Crippen LogP contribution in [-0.2, 0) is 11.3 Å². The maximum absolute atomic E-state index is 11.5. The monoisotopic (exact) mass is 207 g/mol. The highest BCUT2D eigenvalue weighted by Crippen LogP contribution is 2.24. The zero-order chi connectivity index (χ0) is 10.7. The van der Waals surface area contributed by atoms with Crippen LogP contribution in [0.15, 0.2) is 12.3 Å². The molecule has 4 nitrogen and oxygen atoms in total. The fourth-order valence-corrected chi connectivity index (χ4v) is 1.71. The van der Waals surface area contributed by atoms with Gasteiger partial charge in [-0.25, -0.2) is 0 Å². The first-order valence-corrected chi connectivity index (χ1v) is 5.51. The lowest BCUT2D eigenvalue weighted by Gasteiger charge is -2.25. The molecule has 1 aromatic rings. The van der Waals surface area contributed by atoms with Crippen molar-refractivity contribution in [3.05, 3.63) is 18.0 Å². The number of aromatic nitrogens is 2. The van der Waals surface area contributed by atoms with Gasteiger partial charge in [-0.3, -0.25) is 9.48 Å². The summed E-state index contributed by atoms with van der Waals surface area (Å²) in [7, 11) is 0. The molecule has 4 heteroatoms. The minimum Gasteiger partial charge on any atom is -0.354 e. The van der Waals surface area contributed by atoms with E-state index in [-0.39, 0.29) is 5.91 Å². The summed E-state index contributed by atoms with van der Waals surface area (Å²) in [5.74, 6) is 0.776. The van der Waals surface area contributed by atoms with E-state index in [9.17, 15) is 4.79 Å². The van der Waals surface area contributed by atoms with Gasteiger partial charge in [0.15, 0.2) is 0 Å². The number of aryl methyl sites for hydroxylation is 1. The van der Waals surface area contributed by atoms with Gasteiger partial charge in [0.2, 0.25) is 5.91 Å². The van der Waals surface area contributed by atoms with Gasteiger partial charge in [-0.2, -0.15) is 5.10 Å². The first-order chi connectivity index (χ1) is 7.24. The van der Waals surface area contributed by atoms with Crippen molar-refractivity contribution in [2.75, 3.05) is 6.54 Å². The quantitative estimate of drug-likeness (QED) is 0.804. The summed E-state index contributed by atoms with van der Waals surface area (Å²) >= 11 is 0. The predicted molar refractivity (Wildman–Crippen MR) is 57.3 cm³/mol. The average molecular weight is 207 g/mol. The van der Waals surface area contributed by atoms with Crippen molar-refractivity contribution >= 4 is 5.91 Å².